The van der Waals surface area contributed by atoms with Gasteiger partial charge >= 0.3 is 0 Å². The lowest BCUT2D eigenvalue weighted by molar-refractivity contribution is -0.129. The zero-order chi connectivity index (χ0) is 14.4. The van der Waals surface area contributed by atoms with Crippen molar-refractivity contribution in [2.75, 3.05) is 20.1 Å². The summed E-state index contributed by atoms with van der Waals surface area (Å²) in [5.74, 6) is 0.427. The van der Waals surface area contributed by atoms with Gasteiger partial charge in [0.05, 0.1) is 12.8 Å². The summed E-state index contributed by atoms with van der Waals surface area (Å²) >= 11 is 0. The fourth-order valence-corrected chi connectivity index (χ4v) is 2.64. The summed E-state index contributed by atoms with van der Waals surface area (Å²) in [4.78, 5) is 25.3. The van der Waals surface area contributed by atoms with Crippen LogP contribution in [0, 0.1) is 5.92 Å². The molecule has 1 aromatic heterocycles. The topological polar surface area (TPSA) is 62.6 Å². The summed E-state index contributed by atoms with van der Waals surface area (Å²) in [5.41, 5.74) is 0. The van der Waals surface area contributed by atoms with Crippen molar-refractivity contribution in [2.45, 2.75) is 32.1 Å². The molecule has 1 saturated carbocycles. The number of likely N-dealkylation sites (N-methyl/N-ethyl adjacent to an activating group) is 1. The first-order chi connectivity index (χ1) is 9.66. The lowest BCUT2D eigenvalue weighted by Gasteiger charge is -2.27. The lowest BCUT2D eigenvalue weighted by atomic mass is 9.89. The maximum Gasteiger partial charge on any atom is 0.287 e. The van der Waals surface area contributed by atoms with E-state index in [0.29, 0.717) is 5.92 Å². The van der Waals surface area contributed by atoms with Gasteiger partial charge in [-0.25, -0.2) is 0 Å². The zero-order valence-corrected chi connectivity index (χ0v) is 11.9. The van der Waals surface area contributed by atoms with Crippen molar-refractivity contribution in [3.8, 4) is 0 Å². The van der Waals surface area contributed by atoms with Crippen LogP contribution in [-0.2, 0) is 4.79 Å². The van der Waals surface area contributed by atoms with E-state index in [9.17, 15) is 9.59 Å². The molecule has 1 aromatic rings. The van der Waals surface area contributed by atoms with Crippen LogP contribution < -0.4 is 5.32 Å². The summed E-state index contributed by atoms with van der Waals surface area (Å²) in [6.45, 7) is 0.804. The first kappa shape index (κ1) is 14.6. The van der Waals surface area contributed by atoms with E-state index in [1.807, 2.05) is 0 Å². The van der Waals surface area contributed by atoms with E-state index < -0.39 is 0 Å². The first-order valence-electron chi connectivity index (χ1n) is 7.22. The van der Waals surface area contributed by atoms with E-state index in [-0.39, 0.29) is 24.1 Å². The Balaban J connectivity index is 1.72. The predicted octanol–water partition coefficient (Wildman–Crippen LogP) is 2.05. The average Bonchev–Trinajstić information content (AvgIpc) is 2.99. The molecule has 0 unspecified atom stereocenters. The quantitative estimate of drug-likeness (QED) is 0.896. The molecule has 1 N–H and O–H groups in total. The molecule has 20 heavy (non-hydrogen) atoms. The number of hydrogen-bond acceptors (Lipinski definition) is 3. The van der Waals surface area contributed by atoms with Gasteiger partial charge in [-0.3, -0.25) is 9.59 Å². The Labute approximate surface area is 119 Å². The van der Waals surface area contributed by atoms with Gasteiger partial charge in [-0.15, -0.1) is 0 Å². The third kappa shape index (κ3) is 4.11. The van der Waals surface area contributed by atoms with Crippen LogP contribution in [0.2, 0.25) is 0 Å². The van der Waals surface area contributed by atoms with Crippen molar-refractivity contribution >= 4 is 11.8 Å². The molecule has 1 heterocycles. The van der Waals surface area contributed by atoms with Gasteiger partial charge in [0.25, 0.3) is 5.91 Å². The first-order valence-corrected chi connectivity index (χ1v) is 7.22. The van der Waals surface area contributed by atoms with E-state index in [2.05, 4.69) is 5.32 Å². The Hall–Kier alpha value is -1.78. The van der Waals surface area contributed by atoms with Crippen LogP contribution in [0.5, 0.6) is 0 Å². The van der Waals surface area contributed by atoms with E-state index in [0.717, 1.165) is 6.54 Å². The monoisotopic (exact) mass is 278 g/mol. The molecule has 0 aromatic carbocycles. The van der Waals surface area contributed by atoms with Gasteiger partial charge in [-0.1, -0.05) is 19.3 Å². The zero-order valence-electron chi connectivity index (χ0n) is 11.9. The Kier molecular flexibility index (Phi) is 5.21. The minimum Gasteiger partial charge on any atom is -0.459 e. The van der Waals surface area contributed by atoms with Gasteiger partial charge in [-0.05, 0) is 30.9 Å². The molecule has 0 atom stereocenters. The second-order valence-electron chi connectivity index (χ2n) is 5.44. The van der Waals surface area contributed by atoms with E-state index in [4.69, 9.17) is 4.42 Å². The average molecular weight is 278 g/mol. The molecule has 1 fully saturated rings. The molecule has 0 bridgehead atoms. The fourth-order valence-electron chi connectivity index (χ4n) is 2.64. The predicted molar refractivity (Wildman–Crippen MR) is 75.3 cm³/mol. The third-order valence-corrected chi connectivity index (χ3v) is 3.83. The smallest absolute Gasteiger partial charge is 0.287 e. The van der Waals surface area contributed by atoms with Crippen LogP contribution >= 0.6 is 0 Å². The van der Waals surface area contributed by atoms with Crippen LogP contribution in [-0.4, -0.2) is 36.9 Å². The molecular formula is C15H22N2O3. The van der Waals surface area contributed by atoms with E-state index in [1.165, 1.54) is 38.4 Å². The number of nitrogens with zero attached hydrogens (tertiary/aromatic N) is 1. The van der Waals surface area contributed by atoms with Crippen molar-refractivity contribution in [3.05, 3.63) is 24.2 Å². The molecule has 1 aliphatic carbocycles. The highest BCUT2D eigenvalue weighted by Gasteiger charge is 2.19. The Morgan fingerprint density at radius 3 is 2.75 bits per heavy atom. The van der Waals surface area contributed by atoms with Gasteiger partial charge < -0.3 is 14.6 Å². The number of furan rings is 1. The molecule has 0 saturated heterocycles. The van der Waals surface area contributed by atoms with Gasteiger partial charge in [0.2, 0.25) is 5.91 Å². The number of hydrogen-bond donors (Lipinski definition) is 1. The number of carbonyl (C=O) groups is 2. The molecule has 0 spiro atoms. The highest BCUT2D eigenvalue weighted by Crippen LogP contribution is 2.23. The molecule has 0 aliphatic heterocycles. The number of nitrogens with one attached hydrogen (secondary N) is 1. The van der Waals surface area contributed by atoms with E-state index in [1.54, 1.807) is 24.1 Å². The van der Waals surface area contributed by atoms with Gasteiger partial charge in [0, 0.05) is 13.6 Å². The van der Waals surface area contributed by atoms with Gasteiger partial charge in [-0.2, -0.15) is 0 Å². The normalized spacial score (nSPS) is 15.8. The SMILES string of the molecule is CN(CC1CCCCC1)C(=O)CNC(=O)c1ccco1. The van der Waals surface area contributed by atoms with Crippen molar-refractivity contribution in [3.63, 3.8) is 0 Å². The second-order valence-corrected chi connectivity index (χ2v) is 5.44. The van der Waals surface area contributed by atoms with Crippen molar-refractivity contribution in [2.24, 2.45) is 5.92 Å². The molecule has 110 valence electrons. The maximum atomic E-state index is 12.0. The third-order valence-electron chi connectivity index (χ3n) is 3.83. The van der Waals surface area contributed by atoms with Crippen LogP contribution in [0.15, 0.2) is 22.8 Å². The van der Waals surface area contributed by atoms with Gasteiger partial charge in [0.15, 0.2) is 5.76 Å². The largest absolute Gasteiger partial charge is 0.459 e. The standard InChI is InChI=1S/C15H22N2O3/c1-17(11-12-6-3-2-4-7-12)14(18)10-16-15(19)13-8-5-9-20-13/h5,8-9,12H,2-4,6-7,10-11H2,1H3,(H,16,19). The maximum absolute atomic E-state index is 12.0. The number of rotatable bonds is 5. The highest BCUT2D eigenvalue weighted by atomic mass is 16.3. The van der Waals surface area contributed by atoms with Crippen LogP contribution in [0.4, 0.5) is 0 Å². The second kappa shape index (κ2) is 7.12. The molecule has 1 aliphatic rings. The number of carbonyl (C=O) groups excluding carboxylic acids is 2. The van der Waals surface area contributed by atoms with Crippen LogP contribution in [0.25, 0.3) is 0 Å². The fraction of sp³-hybridized carbons (Fsp3) is 0.600. The minimum absolute atomic E-state index is 0.0166. The van der Waals surface area contributed by atoms with E-state index >= 15 is 0 Å². The molecule has 5 heteroatoms. The summed E-state index contributed by atoms with van der Waals surface area (Å²) in [7, 11) is 1.80. The minimum atomic E-state index is -0.352. The van der Waals surface area contributed by atoms with Crippen molar-refractivity contribution in [1.82, 2.24) is 10.2 Å². The highest BCUT2D eigenvalue weighted by molar-refractivity contribution is 5.94. The van der Waals surface area contributed by atoms with Crippen molar-refractivity contribution < 1.29 is 14.0 Å². The van der Waals surface area contributed by atoms with Crippen LogP contribution in [0.3, 0.4) is 0 Å². The summed E-state index contributed by atoms with van der Waals surface area (Å²) in [6, 6.07) is 3.22. The lowest BCUT2D eigenvalue weighted by Crippen LogP contribution is -2.40. The molecule has 2 amide bonds. The van der Waals surface area contributed by atoms with Gasteiger partial charge in [0.1, 0.15) is 0 Å². The summed E-state index contributed by atoms with van der Waals surface area (Å²) < 4.78 is 4.97. The molecule has 5 nitrogen and oxygen atoms in total. The Bertz CT molecular complexity index is 436. The van der Waals surface area contributed by atoms with Crippen LogP contribution in [0.1, 0.15) is 42.7 Å². The van der Waals surface area contributed by atoms with Crippen molar-refractivity contribution in [1.29, 1.82) is 0 Å². The molecule has 2 rings (SSSR count). The summed E-state index contributed by atoms with van der Waals surface area (Å²) in [6.07, 6.45) is 7.69. The summed E-state index contributed by atoms with van der Waals surface area (Å²) in [5, 5.41) is 2.58. The number of amides is 2. The Morgan fingerprint density at radius 2 is 2.10 bits per heavy atom. The molecular weight excluding hydrogens is 256 g/mol. The Morgan fingerprint density at radius 1 is 1.35 bits per heavy atom. The molecule has 0 radical (unpaired) electrons.